The highest BCUT2D eigenvalue weighted by Gasteiger charge is 2.10. The molecule has 2 aromatic rings. The molecule has 2 rings (SSSR count). The van der Waals surface area contributed by atoms with Crippen molar-refractivity contribution in [3.05, 3.63) is 46.2 Å². The second-order valence-corrected chi connectivity index (χ2v) is 6.80. The first-order valence-corrected chi connectivity index (χ1v) is 9.31. The van der Waals surface area contributed by atoms with Crippen LogP contribution < -0.4 is 14.9 Å². The predicted molar refractivity (Wildman–Crippen MR) is 106 cm³/mol. The second-order valence-electron chi connectivity index (χ2n) is 5.77. The van der Waals surface area contributed by atoms with Crippen molar-refractivity contribution in [1.29, 1.82) is 0 Å². The molecule has 0 aliphatic heterocycles. The maximum atomic E-state index is 11.8. The number of hydrogen-bond donors (Lipinski definition) is 1. The number of hydrazone groups is 1. The van der Waals surface area contributed by atoms with Crippen LogP contribution in [0.15, 0.2) is 40.8 Å². The number of rotatable bonds is 9. The van der Waals surface area contributed by atoms with Gasteiger partial charge in [0.05, 0.1) is 19.2 Å². The fraction of sp³-hybridized carbons (Fsp3) is 0.316. The van der Waals surface area contributed by atoms with Crippen LogP contribution in [-0.2, 0) is 16.0 Å². The molecule has 1 N–H and O–H groups in total. The zero-order valence-electron chi connectivity index (χ0n) is 15.6. The van der Waals surface area contributed by atoms with Crippen LogP contribution >= 0.6 is 11.3 Å². The molecule has 0 aliphatic rings. The van der Waals surface area contributed by atoms with Crippen LogP contribution in [0.3, 0.4) is 0 Å². The summed E-state index contributed by atoms with van der Waals surface area (Å²) in [5.74, 6) is 0.668. The number of carbonyl (C=O) groups is 2. The minimum atomic E-state index is -0.180. The first kappa shape index (κ1) is 20.4. The first-order valence-electron chi connectivity index (χ1n) is 8.43. The molecule has 0 spiro atoms. The quantitative estimate of drug-likeness (QED) is 0.527. The molecule has 0 bridgehead atoms. The Labute approximate surface area is 162 Å². The Morgan fingerprint density at radius 2 is 2.04 bits per heavy atom. The van der Waals surface area contributed by atoms with E-state index in [9.17, 15) is 9.59 Å². The van der Waals surface area contributed by atoms with Gasteiger partial charge in [0.15, 0.2) is 18.1 Å². The van der Waals surface area contributed by atoms with Gasteiger partial charge in [-0.05, 0) is 42.1 Å². The van der Waals surface area contributed by atoms with Crippen LogP contribution in [0.1, 0.15) is 17.4 Å². The third-order valence-electron chi connectivity index (χ3n) is 3.44. The maximum Gasteiger partial charge on any atom is 0.259 e. The second kappa shape index (κ2) is 10.3. The Morgan fingerprint density at radius 3 is 2.70 bits per heavy atom. The number of likely N-dealkylation sites (N-methyl/N-ethyl adjacent to an activating group) is 1. The lowest BCUT2D eigenvalue weighted by molar-refractivity contribution is -0.130. The van der Waals surface area contributed by atoms with E-state index < -0.39 is 0 Å². The molecular weight excluding hydrogens is 366 g/mol. The fourth-order valence-corrected chi connectivity index (χ4v) is 2.75. The van der Waals surface area contributed by atoms with Crippen molar-refractivity contribution in [3.63, 3.8) is 0 Å². The molecule has 0 saturated heterocycles. The predicted octanol–water partition coefficient (Wildman–Crippen LogP) is 2.31. The lowest BCUT2D eigenvalue weighted by Gasteiger charge is -2.14. The summed E-state index contributed by atoms with van der Waals surface area (Å²) < 4.78 is 11.1. The monoisotopic (exact) mass is 389 g/mol. The van der Waals surface area contributed by atoms with Crippen molar-refractivity contribution in [3.8, 4) is 11.5 Å². The van der Waals surface area contributed by atoms with Crippen LogP contribution in [0.5, 0.6) is 11.5 Å². The van der Waals surface area contributed by atoms with Crippen LogP contribution in [-0.4, -0.2) is 50.2 Å². The van der Waals surface area contributed by atoms with Gasteiger partial charge in [0.25, 0.3) is 5.91 Å². The Bertz CT molecular complexity index is 788. The van der Waals surface area contributed by atoms with Gasteiger partial charge in [0, 0.05) is 19.0 Å². The van der Waals surface area contributed by atoms with Gasteiger partial charge < -0.3 is 14.4 Å². The molecular formula is C19H23N3O4S. The van der Waals surface area contributed by atoms with Crippen molar-refractivity contribution >= 4 is 29.4 Å². The minimum Gasteiger partial charge on any atom is -0.490 e. The van der Waals surface area contributed by atoms with E-state index in [0.29, 0.717) is 24.5 Å². The Kier molecular flexibility index (Phi) is 7.81. The van der Waals surface area contributed by atoms with Gasteiger partial charge in [-0.2, -0.15) is 5.10 Å². The smallest absolute Gasteiger partial charge is 0.259 e. The number of amides is 2. The van der Waals surface area contributed by atoms with Gasteiger partial charge >= 0.3 is 0 Å². The first-order chi connectivity index (χ1) is 13.0. The summed E-state index contributed by atoms with van der Waals surface area (Å²) in [6.45, 7) is 2.25. The molecule has 1 aromatic heterocycles. The lowest BCUT2D eigenvalue weighted by atomic mass is 10.2. The van der Waals surface area contributed by atoms with E-state index in [1.54, 1.807) is 32.3 Å². The Balaban J connectivity index is 1.97. The highest BCUT2D eigenvalue weighted by Crippen LogP contribution is 2.28. The summed E-state index contributed by atoms with van der Waals surface area (Å²) in [5, 5.41) is 5.90. The highest BCUT2D eigenvalue weighted by molar-refractivity contribution is 7.10. The lowest BCUT2D eigenvalue weighted by Crippen LogP contribution is -2.27. The molecule has 1 aromatic carbocycles. The number of nitrogens with one attached hydrogen (secondary N) is 1. The molecule has 0 fully saturated rings. The average molecular weight is 389 g/mol. The summed E-state index contributed by atoms with van der Waals surface area (Å²) in [6, 6.07) is 9.03. The third-order valence-corrected chi connectivity index (χ3v) is 4.31. The van der Waals surface area contributed by atoms with E-state index >= 15 is 0 Å². The third kappa shape index (κ3) is 6.74. The topological polar surface area (TPSA) is 80.2 Å². The number of benzene rings is 1. The molecule has 2 amide bonds. The number of carbonyl (C=O) groups excluding carboxylic acids is 2. The molecule has 7 nitrogen and oxygen atoms in total. The van der Waals surface area contributed by atoms with Crippen LogP contribution in [0.4, 0.5) is 0 Å². The van der Waals surface area contributed by atoms with Crippen molar-refractivity contribution in [2.24, 2.45) is 5.10 Å². The number of nitrogens with zero attached hydrogens (tertiary/aromatic N) is 2. The van der Waals surface area contributed by atoms with Crippen LogP contribution in [0.2, 0.25) is 0 Å². The Morgan fingerprint density at radius 1 is 1.22 bits per heavy atom. The number of ether oxygens (including phenoxy) is 2. The summed E-state index contributed by atoms with van der Waals surface area (Å²) in [5.41, 5.74) is 3.24. The molecule has 1 heterocycles. The van der Waals surface area contributed by atoms with Gasteiger partial charge in [-0.25, -0.2) is 5.43 Å². The van der Waals surface area contributed by atoms with Gasteiger partial charge in [-0.3, -0.25) is 9.59 Å². The van der Waals surface area contributed by atoms with Crippen molar-refractivity contribution in [2.75, 3.05) is 27.3 Å². The van der Waals surface area contributed by atoms with Gasteiger partial charge in [-0.15, -0.1) is 11.3 Å². The van der Waals surface area contributed by atoms with E-state index in [1.165, 1.54) is 22.5 Å². The highest BCUT2D eigenvalue weighted by atomic mass is 32.1. The fourth-order valence-electron chi connectivity index (χ4n) is 2.05. The van der Waals surface area contributed by atoms with E-state index in [0.717, 1.165) is 10.4 Å². The van der Waals surface area contributed by atoms with E-state index in [-0.39, 0.29) is 18.4 Å². The molecule has 0 radical (unpaired) electrons. The van der Waals surface area contributed by atoms with E-state index in [1.807, 2.05) is 24.4 Å². The minimum absolute atomic E-state index is 0.0702. The van der Waals surface area contributed by atoms with Crippen molar-refractivity contribution < 1.29 is 19.1 Å². The molecule has 8 heteroatoms. The van der Waals surface area contributed by atoms with Gasteiger partial charge in [0.1, 0.15) is 0 Å². The standard InChI is InChI=1S/C19H23N3O4S/c1-4-25-17-10-14(7-8-16(17)26-13-19(24)22(2)3)12-20-21-18(23)11-15-6-5-9-27-15/h5-10,12H,4,11,13H2,1-3H3,(H,21,23)/b20-12-. The molecule has 0 saturated carbocycles. The summed E-state index contributed by atoms with van der Waals surface area (Å²) >= 11 is 1.53. The largest absolute Gasteiger partial charge is 0.490 e. The maximum absolute atomic E-state index is 11.8. The molecule has 0 unspecified atom stereocenters. The average Bonchev–Trinajstić information content (AvgIpc) is 3.13. The van der Waals surface area contributed by atoms with Crippen molar-refractivity contribution in [1.82, 2.24) is 10.3 Å². The van der Waals surface area contributed by atoms with Crippen LogP contribution in [0, 0.1) is 0 Å². The molecule has 0 aliphatic carbocycles. The zero-order valence-corrected chi connectivity index (χ0v) is 16.4. The summed E-state index contributed by atoms with van der Waals surface area (Å²) in [4.78, 5) is 25.9. The normalized spacial score (nSPS) is 10.6. The zero-order chi connectivity index (χ0) is 19.6. The van der Waals surface area contributed by atoms with Gasteiger partial charge in [-0.1, -0.05) is 6.07 Å². The number of thiophene rings is 1. The molecule has 27 heavy (non-hydrogen) atoms. The SMILES string of the molecule is CCOc1cc(/C=N\NC(=O)Cc2cccs2)ccc1OCC(=O)N(C)C. The van der Waals surface area contributed by atoms with E-state index in [2.05, 4.69) is 10.5 Å². The Hall–Kier alpha value is -2.87. The van der Waals surface area contributed by atoms with Crippen LogP contribution in [0.25, 0.3) is 0 Å². The van der Waals surface area contributed by atoms with Gasteiger partial charge in [0.2, 0.25) is 5.91 Å². The number of hydrogen-bond acceptors (Lipinski definition) is 6. The summed E-state index contributed by atoms with van der Waals surface area (Å²) in [7, 11) is 3.34. The summed E-state index contributed by atoms with van der Waals surface area (Å²) in [6.07, 6.45) is 1.83. The van der Waals surface area contributed by atoms with E-state index in [4.69, 9.17) is 9.47 Å². The van der Waals surface area contributed by atoms with Crippen molar-refractivity contribution in [2.45, 2.75) is 13.3 Å². The molecule has 144 valence electrons. The molecule has 0 atom stereocenters.